The van der Waals surface area contributed by atoms with Crippen molar-refractivity contribution in [1.82, 2.24) is 9.88 Å². The molecule has 0 radical (unpaired) electrons. The van der Waals surface area contributed by atoms with E-state index in [0.29, 0.717) is 18.9 Å². The molecule has 0 spiro atoms. The molecule has 7 heteroatoms. The van der Waals surface area contributed by atoms with Gasteiger partial charge >= 0.3 is 5.97 Å². The first-order valence-corrected chi connectivity index (χ1v) is 6.38. The molecule has 0 aliphatic heterocycles. The van der Waals surface area contributed by atoms with Gasteiger partial charge in [0.2, 0.25) is 5.91 Å². The maximum Gasteiger partial charge on any atom is 0.337 e. The van der Waals surface area contributed by atoms with E-state index in [2.05, 4.69) is 4.98 Å². The number of nitrogens with two attached hydrogens (primary N) is 1. The van der Waals surface area contributed by atoms with E-state index >= 15 is 0 Å². The van der Waals surface area contributed by atoms with Gasteiger partial charge in [0.1, 0.15) is 5.82 Å². The normalized spacial score (nSPS) is 10.2. The fourth-order valence-corrected chi connectivity index (χ4v) is 1.81. The Kier molecular flexibility index (Phi) is 5.31. The largest absolute Gasteiger partial charge is 0.478 e. The van der Waals surface area contributed by atoms with E-state index in [1.165, 1.54) is 12.3 Å². The maximum absolute atomic E-state index is 12.0. The molecule has 7 nitrogen and oxygen atoms in total. The standard InChI is InChI=1S/C13H20N4O3/c1-4-17(5-2)12(18)8-16(3)11-6-9(13(19)20)10(14)7-15-11/h6-7H,4-5,8,14H2,1-3H3,(H,19,20). The monoisotopic (exact) mass is 280 g/mol. The minimum absolute atomic E-state index is 0.0165. The van der Waals surface area contributed by atoms with Crippen molar-refractivity contribution in [3.63, 3.8) is 0 Å². The lowest BCUT2D eigenvalue weighted by atomic mass is 10.2. The highest BCUT2D eigenvalue weighted by molar-refractivity contribution is 5.94. The summed E-state index contributed by atoms with van der Waals surface area (Å²) >= 11 is 0. The van der Waals surface area contributed by atoms with Gasteiger partial charge in [0.05, 0.1) is 24.0 Å². The van der Waals surface area contributed by atoms with Gasteiger partial charge in [-0.15, -0.1) is 0 Å². The zero-order valence-electron chi connectivity index (χ0n) is 12.0. The number of anilines is 2. The zero-order valence-corrected chi connectivity index (χ0v) is 12.0. The van der Waals surface area contributed by atoms with Gasteiger partial charge < -0.3 is 20.6 Å². The zero-order chi connectivity index (χ0) is 15.3. The van der Waals surface area contributed by atoms with Crippen LogP contribution in [0.25, 0.3) is 0 Å². The van der Waals surface area contributed by atoms with Gasteiger partial charge in [0.25, 0.3) is 0 Å². The SMILES string of the molecule is CCN(CC)C(=O)CN(C)c1cc(C(=O)O)c(N)cn1. The minimum Gasteiger partial charge on any atom is -0.478 e. The number of carboxylic acid groups (broad SMARTS) is 1. The molecule has 3 N–H and O–H groups in total. The number of aromatic carboxylic acids is 1. The highest BCUT2D eigenvalue weighted by Crippen LogP contribution is 2.17. The molecule has 1 aromatic rings. The third-order valence-electron chi connectivity index (χ3n) is 3.03. The average molecular weight is 280 g/mol. The molecule has 20 heavy (non-hydrogen) atoms. The van der Waals surface area contributed by atoms with Gasteiger partial charge in [-0.3, -0.25) is 4.79 Å². The molecule has 0 atom stereocenters. The first-order chi connectivity index (χ1) is 9.40. The van der Waals surface area contributed by atoms with Crippen molar-refractivity contribution in [2.24, 2.45) is 0 Å². The molecule has 0 saturated carbocycles. The highest BCUT2D eigenvalue weighted by Gasteiger charge is 2.16. The second-order valence-electron chi connectivity index (χ2n) is 4.36. The molecular weight excluding hydrogens is 260 g/mol. The summed E-state index contributed by atoms with van der Waals surface area (Å²) in [5, 5.41) is 9.02. The number of carbonyl (C=O) groups excluding carboxylic acids is 1. The van der Waals surface area contributed by atoms with Crippen molar-refractivity contribution >= 4 is 23.4 Å². The Hall–Kier alpha value is -2.31. The van der Waals surface area contributed by atoms with E-state index in [1.807, 2.05) is 13.8 Å². The van der Waals surface area contributed by atoms with Crippen LogP contribution in [0.15, 0.2) is 12.3 Å². The second-order valence-corrected chi connectivity index (χ2v) is 4.36. The van der Waals surface area contributed by atoms with Gasteiger partial charge in [-0.05, 0) is 19.9 Å². The van der Waals surface area contributed by atoms with Gasteiger partial charge in [0, 0.05) is 20.1 Å². The van der Waals surface area contributed by atoms with Crippen molar-refractivity contribution in [3.05, 3.63) is 17.8 Å². The summed E-state index contributed by atoms with van der Waals surface area (Å²) in [4.78, 5) is 30.4. The number of pyridine rings is 1. The fourth-order valence-electron chi connectivity index (χ4n) is 1.81. The molecular formula is C13H20N4O3. The van der Waals surface area contributed by atoms with E-state index in [9.17, 15) is 9.59 Å². The second kappa shape index (κ2) is 6.74. The molecule has 1 rings (SSSR count). The van der Waals surface area contributed by atoms with Crippen LogP contribution in [0.1, 0.15) is 24.2 Å². The van der Waals surface area contributed by atoms with Crippen LogP contribution in [-0.4, -0.2) is 53.5 Å². The van der Waals surface area contributed by atoms with Crippen LogP contribution in [0.2, 0.25) is 0 Å². The number of carboxylic acids is 1. The van der Waals surface area contributed by atoms with Crippen molar-refractivity contribution in [1.29, 1.82) is 0 Å². The number of hydrogen-bond donors (Lipinski definition) is 2. The van der Waals surface area contributed by atoms with Crippen LogP contribution < -0.4 is 10.6 Å². The summed E-state index contributed by atoms with van der Waals surface area (Å²) < 4.78 is 0. The van der Waals surface area contributed by atoms with Crippen molar-refractivity contribution in [3.8, 4) is 0 Å². The van der Waals surface area contributed by atoms with Crippen LogP contribution in [0, 0.1) is 0 Å². The fraction of sp³-hybridized carbons (Fsp3) is 0.462. The van der Waals surface area contributed by atoms with Crippen LogP contribution in [0.5, 0.6) is 0 Å². The van der Waals surface area contributed by atoms with E-state index < -0.39 is 5.97 Å². The Balaban J connectivity index is 2.87. The summed E-state index contributed by atoms with van der Waals surface area (Å²) in [6.07, 6.45) is 1.29. The molecule has 0 aliphatic carbocycles. The van der Waals surface area contributed by atoms with E-state index in [0.717, 1.165) is 0 Å². The summed E-state index contributed by atoms with van der Waals surface area (Å²) in [6.45, 7) is 5.23. The number of hydrogen-bond acceptors (Lipinski definition) is 5. The Labute approximate surface area is 118 Å². The lowest BCUT2D eigenvalue weighted by Crippen LogP contribution is -2.39. The van der Waals surface area contributed by atoms with Crippen LogP contribution in [-0.2, 0) is 4.79 Å². The molecule has 1 aromatic heterocycles. The Bertz CT molecular complexity index is 500. The van der Waals surface area contributed by atoms with Crippen LogP contribution >= 0.6 is 0 Å². The van der Waals surface area contributed by atoms with Gasteiger partial charge in [0.15, 0.2) is 0 Å². The molecule has 110 valence electrons. The number of rotatable bonds is 6. The maximum atomic E-state index is 12.0. The van der Waals surface area contributed by atoms with E-state index in [4.69, 9.17) is 10.8 Å². The summed E-state index contributed by atoms with van der Waals surface area (Å²) in [5.41, 5.74) is 5.63. The topological polar surface area (TPSA) is 99.8 Å². The first-order valence-electron chi connectivity index (χ1n) is 6.38. The molecule has 0 bridgehead atoms. The quantitative estimate of drug-likeness (QED) is 0.794. The number of nitrogens with zero attached hydrogens (tertiary/aromatic N) is 3. The minimum atomic E-state index is -1.12. The van der Waals surface area contributed by atoms with Crippen molar-refractivity contribution in [2.75, 3.05) is 37.3 Å². The number of aromatic nitrogens is 1. The Morgan fingerprint density at radius 3 is 2.45 bits per heavy atom. The molecule has 1 amide bonds. The van der Waals surface area contributed by atoms with E-state index in [1.54, 1.807) is 16.8 Å². The van der Waals surface area contributed by atoms with Gasteiger partial charge in [-0.25, -0.2) is 9.78 Å². The van der Waals surface area contributed by atoms with Gasteiger partial charge in [-0.1, -0.05) is 0 Å². The smallest absolute Gasteiger partial charge is 0.337 e. The van der Waals surface area contributed by atoms with E-state index in [-0.39, 0.29) is 23.7 Å². The summed E-state index contributed by atoms with van der Waals surface area (Å²) in [6, 6.07) is 1.37. The Morgan fingerprint density at radius 2 is 1.95 bits per heavy atom. The average Bonchev–Trinajstić information content (AvgIpc) is 2.40. The van der Waals surface area contributed by atoms with Crippen molar-refractivity contribution < 1.29 is 14.7 Å². The first kappa shape index (κ1) is 15.7. The predicted octanol–water partition coefficient (Wildman–Crippen LogP) is 0.667. The lowest BCUT2D eigenvalue weighted by molar-refractivity contribution is -0.129. The third kappa shape index (κ3) is 3.59. The van der Waals surface area contributed by atoms with Crippen LogP contribution in [0.3, 0.4) is 0 Å². The Morgan fingerprint density at radius 1 is 1.35 bits per heavy atom. The third-order valence-corrected chi connectivity index (χ3v) is 3.03. The van der Waals surface area contributed by atoms with Gasteiger partial charge in [-0.2, -0.15) is 0 Å². The predicted molar refractivity (Wildman–Crippen MR) is 76.8 cm³/mol. The molecule has 0 fully saturated rings. The summed E-state index contributed by atoms with van der Waals surface area (Å²) in [5.74, 6) is -0.750. The number of amides is 1. The molecule has 0 unspecified atom stereocenters. The van der Waals surface area contributed by atoms with Crippen LogP contribution in [0.4, 0.5) is 11.5 Å². The van der Waals surface area contributed by atoms with Crippen molar-refractivity contribution in [2.45, 2.75) is 13.8 Å². The molecule has 1 heterocycles. The molecule has 0 aromatic carbocycles. The number of carbonyl (C=O) groups is 2. The molecule has 0 aliphatic rings. The summed E-state index contributed by atoms with van der Waals surface area (Å²) in [7, 11) is 1.69. The number of nitrogen functional groups attached to an aromatic ring is 1. The number of likely N-dealkylation sites (N-methyl/N-ethyl adjacent to an activating group) is 2. The lowest BCUT2D eigenvalue weighted by Gasteiger charge is -2.24. The highest BCUT2D eigenvalue weighted by atomic mass is 16.4. The molecule has 0 saturated heterocycles.